The van der Waals surface area contributed by atoms with Gasteiger partial charge in [-0.1, -0.05) is 28.1 Å². The van der Waals surface area contributed by atoms with E-state index in [0.29, 0.717) is 0 Å². The van der Waals surface area contributed by atoms with E-state index in [1.807, 2.05) is 36.1 Å². The van der Waals surface area contributed by atoms with Crippen LogP contribution in [0.3, 0.4) is 0 Å². The van der Waals surface area contributed by atoms with Gasteiger partial charge < -0.3 is 0 Å². The molecule has 2 rings (SSSR count). The Balaban J connectivity index is 1.99. The van der Waals surface area contributed by atoms with E-state index in [2.05, 4.69) is 38.6 Å². The smallest absolute Gasteiger partial charge is 0.0640 e. The molecule has 1 aromatic carbocycles. The minimum absolute atomic E-state index is 0.195. The summed E-state index contributed by atoms with van der Waals surface area (Å²) in [4.78, 5) is 0. The maximum absolute atomic E-state index is 5.61. The maximum Gasteiger partial charge on any atom is 0.0640 e. The van der Waals surface area contributed by atoms with Gasteiger partial charge in [-0.25, -0.2) is 0 Å². The Morgan fingerprint density at radius 2 is 2.00 bits per heavy atom. The predicted octanol–water partition coefficient (Wildman–Crippen LogP) is 1.80. The molecule has 1 atom stereocenters. The molecular weight excluding hydrogens is 292 g/mol. The van der Waals surface area contributed by atoms with Crippen molar-refractivity contribution in [3.05, 3.63) is 52.3 Å². The highest BCUT2D eigenvalue weighted by Gasteiger charge is 2.10. The molecule has 5 heteroatoms. The molecule has 18 heavy (non-hydrogen) atoms. The van der Waals surface area contributed by atoms with Gasteiger partial charge in [-0.15, -0.1) is 0 Å². The lowest BCUT2D eigenvalue weighted by Crippen LogP contribution is -2.38. The molecule has 0 radical (unpaired) electrons. The predicted molar refractivity (Wildman–Crippen MR) is 75.9 cm³/mol. The van der Waals surface area contributed by atoms with Crippen molar-refractivity contribution in [1.82, 2.24) is 15.2 Å². The first-order chi connectivity index (χ1) is 8.67. The van der Waals surface area contributed by atoms with Gasteiger partial charge in [0.15, 0.2) is 0 Å². The van der Waals surface area contributed by atoms with E-state index in [9.17, 15) is 0 Å². The Kier molecular flexibility index (Phi) is 4.52. The molecular formula is C13H17BrN4. The summed E-state index contributed by atoms with van der Waals surface area (Å²) in [5.41, 5.74) is 5.18. The zero-order valence-electron chi connectivity index (χ0n) is 10.3. The number of aryl methyl sites for hydroxylation is 1. The summed E-state index contributed by atoms with van der Waals surface area (Å²) < 4.78 is 2.90. The molecule has 0 saturated carbocycles. The third-order valence-corrected chi connectivity index (χ3v) is 3.38. The molecule has 0 aliphatic rings. The summed E-state index contributed by atoms with van der Waals surface area (Å²) in [6, 6.07) is 10.5. The quantitative estimate of drug-likeness (QED) is 0.654. The lowest BCUT2D eigenvalue weighted by Gasteiger charge is -2.14. The van der Waals surface area contributed by atoms with Gasteiger partial charge in [-0.3, -0.25) is 16.0 Å². The van der Waals surface area contributed by atoms with Crippen LogP contribution in [0.15, 0.2) is 41.0 Å². The molecule has 0 saturated heterocycles. The molecule has 4 nitrogen and oxygen atoms in total. The van der Waals surface area contributed by atoms with Gasteiger partial charge >= 0.3 is 0 Å². The van der Waals surface area contributed by atoms with E-state index in [1.165, 1.54) is 5.56 Å². The molecule has 0 fully saturated rings. The molecule has 0 aliphatic heterocycles. The topological polar surface area (TPSA) is 55.9 Å². The molecule has 1 unspecified atom stereocenters. The molecule has 0 amide bonds. The highest BCUT2D eigenvalue weighted by Crippen LogP contribution is 2.13. The fraction of sp³-hybridized carbons (Fsp3) is 0.308. The third kappa shape index (κ3) is 3.66. The van der Waals surface area contributed by atoms with Gasteiger partial charge in [-0.2, -0.15) is 5.10 Å². The van der Waals surface area contributed by atoms with Crippen molar-refractivity contribution >= 4 is 15.9 Å². The van der Waals surface area contributed by atoms with Crippen LogP contribution < -0.4 is 11.3 Å². The fourth-order valence-electron chi connectivity index (χ4n) is 1.92. The van der Waals surface area contributed by atoms with Crippen molar-refractivity contribution < 1.29 is 0 Å². The minimum atomic E-state index is 0.195. The van der Waals surface area contributed by atoms with Crippen LogP contribution in [0.5, 0.6) is 0 Å². The lowest BCUT2D eigenvalue weighted by atomic mass is 10.0. The highest BCUT2D eigenvalue weighted by molar-refractivity contribution is 9.10. The van der Waals surface area contributed by atoms with Gasteiger partial charge in [0.05, 0.1) is 5.69 Å². The van der Waals surface area contributed by atoms with Crippen molar-refractivity contribution in [2.45, 2.75) is 18.9 Å². The van der Waals surface area contributed by atoms with Crippen molar-refractivity contribution in [1.29, 1.82) is 0 Å². The van der Waals surface area contributed by atoms with Gasteiger partial charge in [0.1, 0.15) is 0 Å². The number of nitrogens with one attached hydrogen (secondary N) is 1. The van der Waals surface area contributed by atoms with Crippen LogP contribution in [-0.2, 0) is 19.9 Å². The first kappa shape index (κ1) is 13.3. The first-order valence-corrected chi connectivity index (χ1v) is 6.66. The van der Waals surface area contributed by atoms with Crippen molar-refractivity contribution in [3.63, 3.8) is 0 Å². The third-order valence-electron chi connectivity index (χ3n) is 2.86. The van der Waals surface area contributed by atoms with Crippen molar-refractivity contribution in [3.8, 4) is 0 Å². The van der Waals surface area contributed by atoms with Crippen molar-refractivity contribution in [2.75, 3.05) is 0 Å². The molecule has 0 spiro atoms. The van der Waals surface area contributed by atoms with E-state index in [0.717, 1.165) is 23.0 Å². The van der Waals surface area contributed by atoms with Crippen LogP contribution in [0.2, 0.25) is 0 Å². The zero-order chi connectivity index (χ0) is 13.0. The average Bonchev–Trinajstić information content (AvgIpc) is 2.77. The van der Waals surface area contributed by atoms with Crippen LogP contribution in [0.1, 0.15) is 11.3 Å². The van der Waals surface area contributed by atoms with Crippen LogP contribution in [-0.4, -0.2) is 15.8 Å². The van der Waals surface area contributed by atoms with E-state index in [4.69, 9.17) is 5.84 Å². The van der Waals surface area contributed by atoms with E-state index in [-0.39, 0.29) is 6.04 Å². The number of nitrogens with two attached hydrogens (primary N) is 1. The lowest BCUT2D eigenvalue weighted by molar-refractivity contribution is 0.514. The molecule has 1 aromatic heterocycles. The number of aromatic nitrogens is 2. The van der Waals surface area contributed by atoms with Gasteiger partial charge in [0.2, 0.25) is 0 Å². The minimum Gasteiger partial charge on any atom is -0.276 e. The fourth-order valence-corrected chi connectivity index (χ4v) is 2.18. The molecule has 3 N–H and O–H groups in total. The number of hydrogen-bond acceptors (Lipinski definition) is 3. The van der Waals surface area contributed by atoms with Gasteiger partial charge in [-0.05, 0) is 30.2 Å². The summed E-state index contributed by atoms with van der Waals surface area (Å²) >= 11 is 3.43. The zero-order valence-corrected chi connectivity index (χ0v) is 11.9. The summed E-state index contributed by atoms with van der Waals surface area (Å²) in [5, 5.41) is 4.37. The Labute approximate surface area is 115 Å². The Hall–Kier alpha value is -1.17. The first-order valence-electron chi connectivity index (χ1n) is 5.86. The number of halogens is 1. The SMILES string of the molecule is Cn1ccc(CC(Cc2ccc(Br)cc2)NN)n1. The molecule has 2 aromatic rings. The van der Waals surface area contributed by atoms with Gasteiger partial charge in [0, 0.05) is 30.2 Å². The number of nitrogens with zero attached hydrogens (tertiary/aromatic N) is 2. The Bertz CT molecular complexity index is 492. The van der Waals surface area contributed by atoms with Crippen LogP contribution in [0.4, 0.5) is 0 Å². The summed E-state index contributed by atoms with van der Waals surface area (Å²) in [7, 11) is 1.92. The van der Waals surface area contributed by atoms with Crippen LogP contribution in [0.25, 0.3) is 0 Å². The largest absolute Gasteiger partial charge is 0.276 e. The molecule has 0 bridgehead atoms. The number of hydrogen-bond donors (Lipinski definition) is 2. The average molecular weight is 309 g/mol. The second-order valence-corrected chi connectivity index (χ2v) is 5.29. The van der Waals surface area contributed by atoms with Crippen LogP contribution >= 0.6 is 15.9 Å². The second kappa shape index (κ2) is 6.13. The van der Waals surface area contributed by atoms with Gasteiger partial charge in [0.25, 0.3) is 0 Å². The highest BCUT2D eigenvalue weighted by atomic mass is 79.9. The maximum atomic E-state index is 5.61. The normalized spacial score (nSPS) is 12.6. The second-order valence-electron chi connectivity index (χ2n) is 4.38. The molecule has 0 aliphatic carbocycles. The monoisotopic (exact) mass is 308 g/mol. The van der Waals surface area contributed by atoms with Crippen LogP contribution in [0, 0.1) is 0 Å². The Morgan fingerprint density at radius 3 is 2.56 bits per heavy atom. The summed E-state index contributed by atoms with van der Waals surface area (Å²) in [6.07, 6.45) is 3.66. The molecule has 1 heterocycles. The summed E-state index contributed by atoms with van der Waals surface area (Å²) in [6.45, 7) is 0. The molecule has 96 valence electrons. The van der Waals surface area contributed by atoms with E-state index >= 15 is 0 Å². The number of benzene rings is 1. The summed E-state index contributed by atoms with van der Waals surface area (Å²) in [5.74, 6) is 5.61. The van der Waals surface area contributed by atoms with E-state index in [1.54, 1.807) is 0 Å². The standard InChI is InChI=1S/C13H17BrN4/c1-18-7-6-12(17-18)9-13(16-15)8-10-2-4-11(14)5-3-10/h2-7,13,16H,8-9,15H2,1H3. The van der Waals surface area contributed by atoms with E-state index < -0.39 is 0 Å². The van der Waals surface area contributed by atoms with Crippen molar-refractivity contribution in [2.24, 2.45) is 12.9 Å². The number of rotatable bonds is 5. The number of hydrazine groups is 1. The Morgan fingerprint density at radius 1 is 1.28 bits per heavy atom.